The topological polar surface area (TPSA) is 59.0 Å². The molecule has 110 valence electrons. The van der Waals surface area contributed by atoms with Crippen LogP contribution in [0.15, 0.2) is 0 Å². The summed E-state index contributed by atoms with van der Waals surface area (Å²) in [6, 6.07) is 0. The number of carbonyl (C=O) groups excluding carboxylic acids is 1. The van der Waals surface area contributed by atoms with Gasteiger partial charge in [0.1, 0.15) is 5.60 Å². The first-order valence-corrected chi connectivity index (χ1v) is 7.14. The van der Waals surface area contributed by atoms with Crippen molar-refractivity contribution in [1.29, 1.82) is 0 Å². The van der Waals surface area contributed by atoms with E-state index in [1.807, 2.05) is 0 Å². The fourth-order valence-corrected chi connectivity index (χ4v) is 2.69. The van der Waals surface area contributed by atoms with Crippen LogP contribution < -0.4 is 0 Å². The number of likely N-dealkylation sites (tertiary alicyclic amines) is 1. The molecule has 0 aromatic rings. The first-order valence-electron chi connectivity index (χ1n) is 7.14. The van der Waals surface area contributed by atoms with Gasteiger partial charge in [-0.2, -0.15) is 0 Å². The highest BCUT2D eigenvalue weighted by molar-refractivity contribution is 5.85. The third-order valence-electron chi connectivity index (χ3n) is 4.16. The lowest BCUT2D eigenvalue weighted by Gasteiger charge is -2.28. The molecule has 0 spiro atoms. The van der Waals surface area contributed by atoms with Crippen LogP contribution in [-0.4, -0.2) is 61.5 Å². The summed E-state index contributed by atoms with van der Waals surface area (Å²) >= 11 is 0. The van der Waals surface area contributed by atoms with Crippen molar-refractivity contribution in [3.05, 3.63) is 0 Å². The van der Waals surface area contributed by atoms with Gasteiger partial charge in [-0.1, -0.05) is 0 Å². The molecular formula is C14H25NO4. The molecule has 1 saturated heterocycles. The summed E-state index contributed by atoms with van der Waals surface area (Å²) in [6.07, 6.45) is 2.89. The van der Waals surface area contributed by atoms with Crippen molar-refractivity contribution in [3.63, 3.8) is 0 Å². The number of carbonyl (C=O) groups is 1. The Kier molecular flexibility index (Phi) is 4.81. The van der Waals surface area contributed by atoms with Crippen LogP contribution in [0.25, 0.3) is 0 Å². The number of rotatable bonds is 7. The van der Waals surface area contributed by atoms with Gasteiger partial charge in [-0.15, -0.1) is 0 Å². The molecule has 0 radical (unpaired) electrons. The van der Waals surface area contributed by atoms with E-state index in [1.165, 1.54) is 0 Å². The van der Waals surface area contributed by atoms with Crippen molar-refractivity contribution in [2.45, 2.75) is 31.8 Å². The minimum Gasteiger partial charge on any atom is -0.382 e. The zero-order valence-electron chi connectivity index (χ0n) is 11.9. The van der Waals surface area contributed by atoms with Gasteiger partial charge in [-0.3, -0.25) is 4.79 Å². The van der Waals surface area contributed by atoms with Gasteiger partial charge in [-0.25, -0.2) is 0 Å². The van der Waals surface area contributed by atoms with Crippen LogP contribution in [-0.2, 0) is 14.3 Å². The lowest BCUT2D eigenvalue weighted by atomic mass is 9.99. The Labute approximate surface area is 114 Å². The van der Waals surface area contributed by atoms with Crippen LogP contribution in [0.5, 0.6) is 0 Å². The number of hydrogen-bond acceptors (Lipinski definition) is 4. The molecule has 1 amide bonds. The second-order valence-electron chi connectivity index (χ2n) is 5.90. The number of amides is 1. The van der Waals surface area contributed by atoms with Gasteiger partial charge in [0.25, 0.3) is 5.91 Å². The summed E-state index contributed by atoms with van der Waals surface area (Å²) in [4.78, 5) is 14.1. The maximum absolute atomic E-state index is 12.3. The van der Waals surface area contributed by atoms with Gasteiger partial charge in [0, 0.05) is 26.1 Å². The van der Waals surface area contributed by atoms with Crippen LogP contribution in [0, 0.1) is 11.8 Å². The molecule has 0 bridgehead atoms. The Balaban J connectivity index is 1.73. The zero-order chi connectivity index (χ0) is 13.9. The van der Waals surface area contributed by atoms with Crippen molar-refractivity contribution < 1.29 is 19.4 Å². The summed E-state index contributed by atoms with van der Waals surface area (Å²) in [5, 5.41) is 10.3. The minimum atomic E-state index is -1.16. The Morgan fingerprint density at radius 2 is 2.11 bits per heavy atom. The third-order valence-corrected chi connectivity index (χ3v) is 4.16. The van der Waals surface area contributed by atoms with Crippen molar-refractivity contribution in [1.82, 2.24) is 4.90 Å². The number of hydrogen-bond donors (Lipinski definition) is 1. The number of ether oxygens (including phenoxy) is 2. The van der Waals surface area contributed by atoms with E-state index in [0.29, 0.717) is 32.3 Å². The number of methoxy groups -OCH3 is 1. The quantitative estimate of drug-likeness (QED) is 0.691. The lowest BCUT2D eigenvalue weighted by molar-refractivity contribution is -0.150. The van der Waals surface area contributed by atoms with E-state index in [4.69, 9.17) is 9.47 Å². The second kappa shape index (κ2) is 6.20. The Bertz CT molecular complexity index is 315. The van der Waals surface area contributed by atoms with Crippen LogP contribution in [0.4, 0.5) is 0 Å². The van der Waals surface area contributed by atoms with Gasteiger partial charge >= 0.3 is 0 Å². The normalized spacial score (nSPS) is 26.5. The van der Waals surface area contributed by atoms with Crippen LogP contribution >= 0.6 is 0 Å². The molecule has 2 fully saturated rings. The number of nitrogens with zero attached hydrogens (tertiary/aromatic N) is 1. The predicted molar refractivity (Wildman–Crippen MR) is 70.7 cm³/mol. The molecule has 1 heterocycles. The predicted octanol–water partition coefficient (Wildman–Crippen LogP) is 0.659. The Hall–Kier alpha value is -0.650. The molecule has 5 heteroatoms. The van der Waals surface area contributed by atoms with E-state index in [-0.39, 0.29) is 11.8 Å². The third kappa shape index (κ3) is 3.68. The first kappa shape index (κ1) is 14.8. The molecule has 1 aliphatic heterocycles. The summed E-state index contributed by atoms with van der Waals surface area (Å²) < 4.78 is 10.4. The molecule has 19 heavy (non-hydrogen) atoms. The van der Waals surface area contributed by atoms with E-state index >= 15 is 0 Å². The highest BCUT2D eigenvalue weighted by Gasteiger charge is 2.48. The average Bonchev–Trinajstić information content (AvgIpc) is 3.15. The molecule has 0 aromatic heterocycles. The molecule has 1 saturated carbocycles. The monoisotopic (exact) mass is 271 g/mol. The lowest BCUT2D eigenvalue weighted by Crippen LogP contribution is -2.47. The summed E-state index contributed by atoms with van der Waals surface area (Å²) in [5.74, 6) is 0.446. The van der Waals surface area contributed by atoms with Gasteiger partial charge in [0.15, 0.2) is 0 Å². The minimum absolute atomic E-state index is 0.102. The van der Waals surface area contributed by atoms with Gasteiger partial charge in [0.05, 0.1) is 19.8 Å². The van der Waals surface area contributed by atoms with Crippen LogP contribution in [0.3, 0.4) is 0 Å². The van der Waals surface area contributed by atoms with Crippen LogP contribution in [0.1, 0.15) is 26.2 Å². The molecule has 1 N–H and O–H groups in total. The standard InChI is InChI=1S/C14H25NO4/c1-14(17,12-3-4-12)13(16)15-6-5-11(9-15)10-19-8-7-18-2/h11-12,17H,3-10H2,1-2H3/t11-,14+/m1/s1. The molecule has 2 aliphatic rings. The smallest absolute Gasteiger partial charge is 0.254 e. The van der Waals surface area contributed by atoms with E-state index in [2.05, 4.69) is 0 Å². The Morgan fingerprint density at radius 3 is 2.74 bits per heavy atom. The van der Waals surface area contributed by atoms with E-state index in [9.17, 15) is 9.90 Å². The molecule has 0 unspecified atom stereocenters. The molecule has 5 nitrogen and oxygen atoms in total. The average molecular weight is 271 g/mol. The second-order valence-corrected chi connectivity index (χ2v) is 5.90. The summed E-state index contributed by atoms with van der Waals surface area (Å²) in [5.41, 5.74) is -1.16. The van der Waals surface area contributed by atoms with E-state index < -0.39 is 5.60 Å². The molecule has 1 aliphatic carbocycles. The van der Waals surface area contributed by atoms with E-state index in [0.717, 1.165) is 25.8 Å². The fraction of sp³-hybridized carbons (Fsp3) is 0.929. The molecule has 2 rings (SSSR count). The summed E-state index contributed by atoms with van der Waals surface area (Å²) in [6.45, 7) is 4.97. The van der Waals surface area contributed by atoms with Crippen molar-refractivity contribution in [2.24, 2.45) is 11.8 Å². The van der Waals surface area contributed by atoms with Crippen molar-refractivity contribution in [3.8, 4) is 0 Å². The Morgan fingerprint density at radius 1 is 1.37 bits per heavy atom. The number of aliphatic hydroxyl groups is 1. The fourth-order valence-electron chi connectivity index (χ4n) is 2.69. The highest BCUT2D eigenvalue weighted by Crippen LogP contribution is 2.41. The zero-order valence-corrected chi connectivity index (χ0v) is 11.9. The molecule has 0 aromatic carbocycles. The van der Waals surface area contributed by atoms with Crippen molar-refractivity contribution in [2.75, 3.05) is 40.0 Å². The van der Waals surface area contributed by atoms with Gasteiger partial charge in [-0.05, 0) is 32.1 Å². The molecular weight excluding hydrogens is 246 g/mol. The highest BCUT2D eigenvalue weighted by atomic mass is 16.5. The van der Waals surface area contributed by atoms with E-state index in [1.54, 1.807) is 18.9 Å². The maximum Gasteiger partial charge on any atom is 0.254 e. The maximum atomic E-state index is 12.3. The molecule has 2 atom stereocenters. The van der Waals surface area contributed by atoms with Gasteiger partial charge in [0.2, 0.25) is 0 Å². The van der Waals surface area contributed by atoms with Crippen LogP contribution in [0.2, 0.25) is 0 Å². The van der Waals surface area contributed by atoms with Crippen molar-refractivity contribution >= 4 is 5.91 Å². The SMILES string of the molecule is COCCOC[C@@H]1CCN(C(=O)[C@@](C)(O)C2CC2)C1. The van der Waals surface area contributed by atoms with Gasteiger partial charge < -0.3 is 19.5 Å². The largest absolute Gasteiger partial charge is 0.382 e. The summed E-state index contributed by atoms with van der Waals surface area (Å²) in [7, 11) is 1.65. The first-order chi connectivity index (χ1) is 9.05.